The van der Waals surface area contributed by atoms with Crippen molar-refractivity contribution in [2.24, 2.45) is 0 Å². The number of allylic oxidation sites excluding steroid dienone is 2. The molecule has 1 aliphatic heterocycles. The number of hydrogen-bond acceptors (Lipinski definition) is 11. The van der Waals surface area contributed by atoms with E-state index in [0.29, 0.717) is 13.0 Å². The van der Waals surface area contributed by atoms with Gasteiger partial charge in [0.1, 0.15) is 30.5 Å². The maximum Gasteiger partial charge on any atom is 0.397 e. The molecule has 6 atom stereocenters. The highest BCUT2D eigenvalue weighted by molar-refractivity contribution is 7.80. The SMILES string of the molecule is CCCCCC/C=C\CCCCCCCCOCC(COC1OC(CO)C(O)C(OS(=O)(=O)O)C1O)OC(=O)CCCCCC. The van der Waals surface area contributed by atoms with Crippen LogP contribution < -0.4 is 0 Å². The second-order valence-electron chi connectivity index (χ2n) is 11.8. The second kappa shape index (κ2) is 25.9. The van der Waals surface area contributed by atoms with Crippen molar-refractivity contribution in [1.82, 2.24) is 0 Å². The Kier molecular flexibility index (Phi) is 24.1. The topological polar surface area (TPSA) is 178 Å². The van der Waals surface area contributed by atoms with Gasteiger partial charge in [0.15, 0.2) is 6.29 Å². The molecule has 12 nitrogen and oxygen atoms in total. The number of ether oxygens (including phenoxy) is 4. The quantitative estimate of drug-likeness (QED) is 0.0389. The van der Waals surface area contributed by atoms with Crippen molar-refractivity contribution in [2.45, 2.75) is 160 Å². The second-order valence-corrected chi connectivity index (χ2v) is 12.8. The Bertz CT molecular complexity index is 868. The molecule has 1 fully saturated rings. The van der Waals surface area contributed by atoms with E-state index in [9.17, 15) is 28.5 Å². The van der Waals surface area contributed by atoms with E-state index in [1.807, 2.05) is 0 Å². The predicted molar refractivity (Wildman–Crippen MR) is 170 cm³/mol. The highest BCUT2D eigenvalue weighted by Crippen LogP contribution is 2.26. The van der Waals surface area contributed by atoms with Crippen LogP contribution in [-0.2, 0) is 38.3 Å². The summed E-state index contributed by atoms with van der Waals surface area (Å²) in [5, 5.41) is 30.3. The Morgan fingerprint density at radius 3 is 2.00 bits per heavy atom. The van der Waals surface area contributed by atoms with Crippen molar-refractivity contribution >= 4 is 16.4 Å². The van der Waals surface area contributed by atoms with Gasteiger partial charge in [0.25, 0.3) is 0 Å². The van der Waals surface area contributed by atoms with Gasteiger partial charge in [-0.05, 0) is 38.5 Å². The first-order chi connectivity index (χ1) is 21.6. The third-order valence-corrected chi connectivity index (χ3v) is 8.10. The maximum absolute atomic E-state index is 12.5. The summed E-state index contributed by atoms with van der Waals surface area (Å²) in [5.41, 5.74) is 0. The van der Waals surface area contributed by atoms with E-state index in [2.05, 4.69) is 30.2 Å². The molecule has 0 saturated carbocycles. The molecule has 266 valence electrons. The first-order valence-electron chi connectivity index (χ1n) is 16.9. The number of esters is 1. The normalized spacial score (nSPS) is 23.0. The van der Waals surface area contributed by atoms with Gasteiger partial charge in [0.2, 0.25) is 0 Å². The van der Waals surface area contributed by atoms with Crippen LogP contribution in [0.25, 0.3) is 0 Å². The van der Waals surface area contributed by atoms with E-state index in [4.69, 9.17) is 23.5 Å². The van der Waals surface area contributed by atoms with Gasteiger partial charge < -0.3 is 34.3 Å². The van der Waals surface area contributed by atoms with Crippen molar-refractivity contribution in [3.05, 3.63) is 12.2 Å². The molecule has 0 bridgehead atoms. The predicted octanol–water partition coefficient (Wildman–Crippen LogP) is 4.79. The lowest BCUT2D eigenvalue weighted by Crippen LogP contribution is -2.60. The Labute approximate surface area is 270 Å². The third kappa shape index (κ3) is 20.6. The number of carbonyl (C=O) groups excluding carboxylic acids is 1. The van der Waals surface area contributed by atoms with E-state index >= 15 is 0 Å². The Morgan fingerprint density at radius 2 is 1.40 bits per heavy atom. The molecule has 1 heterocycles. The zero-order valence-corrected chi connectivity index (χ0v) is 28.2. The van der Waals surface area contributed by atoms with E-state index in [-0.39, 0.29) is 19.6 Å². The lowest BCUT2D eigenvalue weighted by molar-refractivity contribution is -0.301. The molecular formula is C32H60O12S. The summed E-state index contributed by atoms with van der Waals surface area (Å²) in [6, 6.07) is 0. The summed E-state index contributed by atoms with van der Waals surface area (Å²) >= 11 is 0. The van der Waals surface area contributed by atoms with Crippen LogP contribution in [0.5, 0.6) is 0 Å². The van der Waals surface area contributed by atoms with Gasteiger partial charge >= 0.3 is 16.4 Å². The summed E-state index contributed by atoms with van der Waals surface area (Å²) < 4.78 is 58.2. The van der Waals surface area contributed by atoms with Crippen molar-refractivity contribution < 1.29 is 56.2 Å². The van der Waals surface area contributed by atoms with Crippen LogP contribution >= 0.6 is 0 Å². The average Bonchev–Trinajstić information content (AvgIpc) is 3.00. The average molecular weight is 669 g/mol. The molecule has 1 saturated heterocycles. The summed E-state index contributed by atoms with van der Waals surface area (Å²) in [6.07, 6.45) is 13.3. The zero-order valence-electron chi connectivity index (χ0n) is 27.4. The summed E-state index contributed by atoms with van der Waals surface area (Å²) in [5.74, 6) is -0.420. The Morgan fingerprint density at radius 1 is 0.822 bits per heavy atom. The van der Waals surface area contributed by atoms with E-state index in [1.165, 1.54) is 51.4 Å². The number of carbonyl (C=O) groups is 1. The fourth-order valence-corrected chi connectivity index (χ4v) is 5.53. The monoisotopic (exact) mass is 668 g/mol. The highest BCUT2D eigenvalue weighted by atomic mass is 32.3. The molecule has 0 aromatic carbocycles. The Balaban J connectivity index is 2.47. The van der Waals surface area contributed by atoms with Crippen LogP contribution in [0.3, 0.4) is 0 Å². The van der Waals surface area contributed by atoms with E-state index in [0.717, 1.165) is 44.9 Å². The van der Waals surface area contributed by atoms with Crippen molar-refractivity contribution in [3.8, 4) is 0 Å². The van der Waals surface area contributed by atoms with Gasteiger partial charge in [-0.25, -0.2) is 4.18 Å². The lowest BCUT2D eigenvalue weighted by Gasteiger charge is -2.41. The highest BCUT2D eigenvalue weighted by Gasteiger charge is 2.48. The molecule has 13 heteroatoms. The first kappa shape index (κ1) is 41.9. The molecule has 0 amide bonds. The molecule has 1 rings (SSSR count). The number of aliphatic hydroxyl groups is 3. The molecule has 4 N–H and O–H groups in total. The van der Waals surface area contributed by atoms with Crippen molar-refractivity contribution in [3.63, 3.8) is 0 Å². The standard InChI is InChI=1S/C32H60O12S/c1-3-5-7-9-10-11-12-13-14-15-16-17-18-20-22-40-24-26(42-28(34)21-19-8-6-4-2)25-41-32-30(36)31(44-45(37,38)39)29(35)27(23-33)43-32/h11-12,26-27,29-33,35-36H,3-10,13-25H2,1-2H3,(H,37,38,39)/b12-11-. The van der Waals surface area contributed by atoms with Gasteiger partial charge in [-0.3, -0.25) is 9.35 Å². The lowest BCUT2D eigenvalue weighted by atomic mass is 9.99. The molecule has 1 aliphatic rings. The molecule has 0 aliphatic carbocycles. The fraction of sp³-hybridized carbons (Fsp3) is 0.906. The van der Waals surface area contributed by atoms with Crippen molar-refractivity contribution in [1.29, 1.82) is 0 Å². The summed E-state index contributed by atoms with van der Waals surface area (Å²) in [4.78, 5) is 12.5. The largest absolute Gasteiger partial charge is 0.457 e. The van der Waals surface area contributed by atoms with Crippen LogP contribution in [0.1, 0.15) is 123 Å². The molecule has 0 aromatic heterocycles. The number of aliphatic hydroxyl groups excluding tert-OH is 3. The number of hydrogen-bond donors (Lipinski definition) is 4. The minimum absolute atomic E-state index is 0.0330. The zero-order chi connectivity index (χ0) is 33.3. The van der Waals surface area contributed by atoms with Crippen LogP contribution in [0.2, 0.25) is 0 Å². The molecular weight excluding hydrogens is 608 g/mol. The molecule has 6 unspecified atom stereocenters. The van der Waals surface area contributed by atoms with Gasteiger partial charge in [0.05, 0.1) is 19.8 Å². The van der Waals surface area contributed by atoms with Crippen LogP contribution in [0.4, 0.5) is 0 Å². The van der Waals surface area contributed by atoms with Gasteiger partial charge in [-0.2, -0.15) is 8.42 Å². The molecule has 0 spiro atoms. The van der Waals surface area contributed by atoms with E-state index in [1.54, 1.807) is 0 Å². The minimum Gasteiger partial charge on any atom is -0.457 e. The fourth-order valence-electron chi connectivity index (χ4n) is 5.02. The smallest absolute Gasteiger partial charge is 0.397 e. The molecule has 0 aromatic rings. The third-order valence-electron chi connectivity index (χ3n) is 7.64. The van der Waals surface area contributed by atoms with Crippen molar-refractivity contribution in [2.75, 3.05) is 26.4 Å². The summed E-state index contributed by atoms with van der Waals surface area (Å²) in [6.45, 7) is 3.79. The Hall–Kier alpha value is -1.16. The minimum atomic E-state index is -5.04. The molecule has 45 heavy (non-hydrogen) atoms. The van der Waals surface area contributed by atoms with Gasteiger partial charge in [-0.15, -0.1) is 0 Å². The summed E-state index contributed by atoms with van der Waals surface area (Å²) in [7, 11) is -5.04. The van der Waals surface area contributed by atoms with Gasteiger partial charge in [0, 0.05) is 13.0 Å². The van der Waals surface area contributed by atoms with E-state index < -0.39 is 59.8 Å². The van der Waals surface area contributed by atoms with Crippen LogP contribution in [0, 0.1) is 0 Å². The maximum atomic E-state index is 12.5. The van der Waals surface area contributed by atoms with Gasteiger partial charge in [-0.1, -0.05) is 90.2 Å². The number of rotatable bonds is 28. The first-order valence-corrected chi connectivity index (χ1v) is 18.3. The molecule has 0 radical (unpaired) electrons. The number of unbranched alkanes of at least 4 members (excludes halogenated alkanes) is 13. The van der Waals surface area contributed by atoms with Crippen LogP contribution in [-0.4, -0.2) is 97.5 Å². The van der Waals surface area contributed by atoms with Crippen LogP contribution in [0.15, 0.2) is 12.2 Å².